The van der Waals surface area contributed by atoms with E-state index in [4.69, 9.17) is 5.73 Å². The molecule has 1 nitrogen and oxygen atoms in total. The van der Waals surface area contributed by atoms with Gasteiger partial charge in [-0.1, -0.05) is 6.42 Å². The van der Waals surface area contributed by atoms with Gasteiger partial charge in [0, 0.05) is 6.04 Å². The van der Waals surface area contributed by atoms with Crippen molar-refractivity contribution in [2.75, 3.05) is 0 Å². The van der Waals surface area contributed by atoms with E-state index in [0.29, 0.717) is 5.92 Å². The summed E-state index contributed by atoms with van der Waals surface area (Å²) in [4.78, 5) is 0. The first-order valence-corrected chi connectivity index (χ1v) is 6.77. The van der Waals surface area contributed by atoms with Crippen molar-refractivity contribution in [2.45, 2.75) is 59.9 Å². The van der Waals surface area contributed by atoms with Gasteiger partial charge in [0.15, 0.2) is 0 Å². The fourth-order valence-corrected chi connectivity index (χ4v) is 3.06. The van der Waals surface area contributed by atoms with Crippen LogP contribution in [0.1, 0.15) is 58.7 Å². The molecular formula is C16H25N. The van der Waals surface area contributed by atoms with Gasteiger partial charge in [-0.05, 0) is 86.8 Å². The lowest BCUT2D eigenvalue weighted by molar-refractivity contribution is 0.263. The van der Waals surface area contributed by atoms with Crippen LogP contribution in [-0.2, 0) is 0 Å². The van der Waals surface area contributed by atoms with E-state index in [9.17, 15) is 0 Å². The molecule has 1 aliphatic rings. The largest absolute Gasteiger partial charge is 0.324 e. The molecule has 17 heavy (non-hydrogen) atoms. The highest BCUT2D eigenvalue weighted by Gasteiger charge is 2.28. The Balaban J connectivity index is 2.52. The minimum absolute atomic E-state index is 0.252. The van der Waals surface area contributed by atoms with E-state index < -0.39 is 0 Å². The number of hydrogen-bond donors (Lipinski definition) is 1. The summed E-state index contributed by atoms with van der Waals surface area (Å²) in [5.41, 5.74) is 15.1. The molecule has 0 radical (unpaired) electrons. The Labute approximate surface area is 105 Å². The zero-order valence-corrected chi connectivity index (χ0v) is 11.9. The van der Waals surface area contributed by atoms with Crippen molar-refractivity contribution in [3.05, 3.63) is 33.4 Å². The Hall–Kier alpha value is -0.820. The van der Waals surface area contributed by atoms with Gasteiger partial charge in [-0.25, -0.2) is 0 Å². The first kappa shape index (κ1) is 12.6. The van der Waals surface area contributed by atoms with Crippen LogP contribution in [0.5, 0.6) is 0 Å². The van der Waals surface area contributed by atoms with E-state index in [0.717, 1.165) is 0 Å². The lowest BCUT2D eigenvalue weighted by Crippen LogP contribution is -2.28. The fourth-order valence-electron chi connectivity index (χ4n) is 3.06. The molecule has 0 aromatic heterocycles. The highest BCUT2D eigenvalue weighted by molar-refractivity contribution is 5.50. The van der Waals surface area contributed by atoms with Crippen LogP contribution in [0.4, 0.5) is 0 Å². The Kier molecular flexibility index (Phi) is 3.31. The fraction of sp³-hybridized carbons (Fsp3) is 0.625. The molecule has 0 saturated heterocycles. The molecule has 0 amide bonds. The van der Waals surface area contributed by atoms with E-state index in [1.165, 1.54) is 52.6 Å². The van der Waals surface area contributed by atoms with Gasteiger partial charge < -0.3 is 5.73 Å². The van der Waals surface area contributed by atoms with Crippen molar-refractivity contribution in [1.29, 1.82) is 0 Å². The molecule has 1 heteroatoms. The first-order valence-electron chi connectivity index (χ1n) is 6.77. The van der Waals surface area contributed by atoms with E-state index >= 15 is 0 Å². The number of nitrogens with two attached hydrogens (primary N) is 1. The summed E-state index contributed by atoms with van der Waals surface area (Å²) >= 11 is 0. The summed E-state index contributed by atoms with van der Waals surface area (Å²) in [6.45, 7) is 11.2. The molecule has 2 N–H and O–H groups in total. The molecule has 0 unspecified atom stereocenters. The van der Waals surface area contributed by atoms with Gasteiger partial charge >= 0.3 is 0 Å². The summed E-state index contributed by atoms with van der Waals surface area (Å²) in [5.74, 6) is 0.717. The molecule has 1 saturated carbocycles. The molecule has 2 rings (SSSR count). The third kappa shape index (κ3) is 1.91. The highest BCUT2D eigenvalue weighted by atomic mass is 14.7. The van der Waals surface area contributed by atoms with E-state index in [1.807, 2.05) is 0 Å². The zero-order valence-electron chi connectivity index (χ0n) is 11.9. The van der Waals surface area contributed by atoms with Gasteiger partial charge in [0.05, 0.1) is 0 Å². The molecule has 94 valence electrons. The number of rotatable bonds is 2. The van der Waals surface area contributed by atoms with Crippen LogP contribution < -0.4 is 5.73 Å². The van der Waals surface area contributed by atoms with Crippen molar-refractivity contribution in [3.8, 4) is 0 Å². The van der Waals surface area contributed by atoms with Gasteiger partial charge in [-0.2, -0.15) is 0 Å². The summed E-state index contributed by atoms with van der Waals surface area (Å²) in [6.07, 6.45) is 3.98. The second-order valence-electron chi connectivity index (χ2n) is 5.76. The molecule has 1 fully saturated rings. The maximum absolute atomic E-state index is 6.49. The standard InChI is InChI=1S/C16H25N/c1-9-10(2)12(4)15(13(5)11(9)3)16(17)14-7-6-8-14/h14,16H,6-8,17H2,1-5H3/t16-/m1/s1. The van der Waals surface area contributed by atoms with Crippen LogP contribution in [0, 0.1) is 40.5 Å². The Morgan fingerprint density at radius 3 is 1.59 bits per heavy atom. The summed E-state index contributed by atoms with van der Waals surface area (Å²) in [7, 11) is 0. The monoisotopic (exact) mass is 231 g/mol. The molecule has 0 aliphatic heterocycles. The van der Waals surface area contributed by atoms with Crippen molar-refractivity contribution in [2.24, 2.45) is 11.7 Å². The number of benzene rings is 1. The highest BCUT2D eigenvalue weighted by Crippen LogP contribution is 2.40. The van der Waals surface area contributed by atoms with E-state index in [-0.39, 0.29) is 6.04 Å². The number of hydrogen-bond acceptors (Lipinski definition) is 1. The van der Waals surface area contributed by atoms with Crippen LogP contribution in [0.2, 0.25) is 0 Å². The maximum atomic E-state index is 6.49. The van der Waals surface area contributed by atoms with Crippen molar-refractivity contribution >= 4 is 0 Å². The van der Waals surface area contributed by atoms with Crippen LogP contribution in [0.15, 0.2) is 0 Å². The van der Waals surface area contributed by atoms with Crippen molar-refractivity contribution in [1.82, 2.24) is 0 Å². The minimum atomic E-state index is 0.252. The molecule has 0 heterocycles. The van der Waals surface area contributed by atoms with Gasteiger partial charge in [0.2, 0.25) is 0 Å². The smallest absolute Gasteiger partial charge is 0.0328 e. The van der Waals surface area contributed by atoms with Gasteiger partial charge in [-0.3, -0.25) is 0 Å². The van der Waals surface area contributed by atoms with Crippen LogP contribution in [0.25, 0.3) is 0 Å². The van der Waals surface area contributed by atoms with Crippen molar-refractivity contribution < 1.29 is 0 Å². The summed E-state index contributed by atoms with van der Waals surface area (Å²) in [6, 6.07) is 0.252. The predicted octanol–water partition coefficient (Wildman–Crippen LogP) is 4.03. The molecule has 1 aromatic rings. The quantitative estimate of drug-likeness (QED) is 0.817. The van der Waals surface area contributed by atoms with Crippen LogP contribution in [0.3, 0.4) is 0 Å². The van der Waals surface area contributed by atoms with Crippen molar-refractivity contribution in [3.63, 3.8) is 0 Å². The topological polar surface area (TPSA) is 26.0 Å². The second-order valence-corrected chi connectivity index (χ2v) is 5.76. The van der Waals surface area contributed by atoms with Crippen LogP contribution in [-0.4, -0.2) is 0 Å². The molecule has 1 atom stereocenters. The predicted molar refractivity (Wildman–Crippen MR) is 74.4 cm³/mol. The Bertz CT molecular complexity index is 412. The molecular weight excluding hydrogens is 206 g/mol. The molecule has 1 aromatic carbocycles. The average molecular weight is 231 g/mol. The lowest BCUT2D eigenvalue weighted by Gasteiger charge is -2.34. The normalized spacial score (nSPS) is 18.0. The average Bonchev–Trinajstić information content (AvgIpc) is 2.21. The van der Waals surface area contributed by atoms with E-state index in [1.54, 1.807) is 0 Å². The van der Waals surface area contributed by atoms with Crippen LogP contribution >= 0.6 is 0 Å². The molecule has 0 bridgehead atoms. The second kappa shape index (κ2) is 4.45. The maximum Gasteiger partial charge on any atom is 0.0328 e. The molecule has 0 spiro atoms. The molecule has 1 aliphatic carbocycles. The van der Waals surface area contributed by atoms with Gasteiger partial charge in [-0.15, -0.1) is 0 Å². The Morgan fingerprint density at radius 2 is 1.24 bits per heavy atom. The summed E-state index contributed by atoms with van der Waals surface area (Å²) < 4.78 is 0. The SMILES string of the molecule is Cc1c(C)c(C)c([C@H](N)C2CCC2)c(C)c1C. The summed E-state index contributed by atoms with van der Waals surface area (Å²) in [5, 5.41) is 0. The van der Waals surface area contributed by atoms with E-state index in [2.05, 4.69) is 34.6 Å². The minimum Gasteiger partial charge on any atom is -0.324 e. The lowest BCUT2D eigenvalue weighted by atomic mass is 9.74. The third-order valence-corrected chi connectivity index (χ3v) is 5.05. The van der Waals surface area contributed by atoms with Gasteiger partial charge in [0.25, 0.3) is 0 Å². The zero-order chi connectivity index (χ0) is 12.7. The van der Waals surface area contributed by atoms with Gasteiger partial charge in [0.1, 0.15) is 0 Å². The first-order chi connectivity index (χ1) is 7.95. The Morgan fingerprint density at radius 1 is 0.824 bits per heavy atom. The third-order valence-electron chi connectivity index (χ3n) is 5.05.